The topological polar surface area (TPSA) is 125 Å². The van der Waals surface area contributed by atoms with Gasteiger partial charge in [0, 0.05) is 25.8 Å². The summed E-state index contributed by atoms with van der Waals surface area (Å²) in [4.78, 5) is 24.9. The monoisotopic (exact) mass is 527 g/mol. The second kappa shape index (κ2) is 12.4. The summed E-state index contributed by atoms with van der Waals surface area (Å²) in [6, 6.07) is 9.99. The molecule has 2 aromatic rings. The number of nitrogens with one attached hydrogen (secondary N) is 1. The second-order valence-corrected chi connectivity index (χ2v) is 11.8. The zero-order chi connectivity index (χ0) is 27.9. The lowest BCUT2D eigenvalue weighted by atomic mass is 9.60. The number of phenolic OH excluding ortho intramolecular Hbond substituents is 3. The first kappa shape index (κ1) is 29.1. The zero-order valence-corrected chi connectivity index (χ0v) is 22.9. The molecule has 1 amide bonds. The molecular weight excluding hydrogens is 486 g/mol. The molecule has 0 heterocycles. The number of ether oxygens (including phenoxy) is 2. The van der Waals surface area contributed by atoms with Crippen LogP contribution >= 0.6 is 0 Å². The molecule has 1 saturated carbocycles. The van der Waals surface area contributed by atoms with Gasteiger partial charge in [-0.1, -0.05) is 39.0 Å². The van der Waals surface area contributed by atoms with Crippen LogP contribution in [0, 0.1) is 23.7 Å². The van der Waals surface area contributed by atoms with Crippen molar-refractivity contribution in [3.05, 3.63) is 53.1 Å². The van der Waals surface area contributed by atoms with Crippen LogP contribution in [0.1, 0.15) is 63.1 Å². The van der Waals surface area contributed by atoms with Crippen LogP contribution in [0.4, 0.5) is 4.79 Å². The summed E-state index contributed by atoms with van der Waals surface area (Å²) in [5.74, 6) is -0.258. The summed E-state index contributed by atoms with van der Waals surface area (Å²) in [5.41, 5.74) is 2.31. The maximum atomic E-state index is 12.6. The van der Waals surface area contributed by atoms with E-state index in [4.69, 9.17) is 9.47 Å². The van der Waals surface area contributed by atoms with Crippen molar-refractivity contribution < 1.29 is 34.4 Å². The Bertz CT molecular complexity index is 1130. The van der Waals surface area contributed by atoms with Gasteiger partial charge in [-0.15, -0.1) is 0 Å². The molecule has 2 atom stereocenters. The van der Waals surface area contributed by atoms with E-state index >= 15 is 0 Å². The van der Waals surface area contributed by atoms with E-state index < -0.39 is 6.09 Å². The molecule has 1 fully saturated rings. The summed E-state index contributed by atoms with van der Waals surface area (Å²) < 4.78 is 10.8. The van der Waals surface area contributed by atoms with Crippen LogP contribution in [-0.4, -0.2) is 47.1 Å². The molecule has 1 aliphatic rings. The summed E-state index contributed by atoms with van der Waals surface area (Å²) in [5, 5.41) is 31.8. The highest BCUT2D eigenvalue weighted by Gasteiger charge is 2.42. The van der Waals surface area contributed by atoms with Gasteiger partial charge in [-0.3, -0.25) is 4.79 Å². The van der Waals surface area contributed by atoms with Gasteiger partial charge in [-0.25, -0.2) is 4.79 Å². The first-order chi connectivity index (χ1) is 17.8. The zero-order valence-electron chi connectivity index (χ0n) is 22.9. The molecule has 4 N–H and O–H groups in total. The van der Waals surface area contributed by atoms with Crippen molar-refractivity contribution in [2.45, 2.75) is 66.2 Å². The number of carbonyl (C=O) groups excluding carboxylic acids is 2. The summed E-state index contributed by atoms with van der Waals surface area (Å²) >= 11 is 0. The van der Waals surface area contributed by atoms with Gasteiger partial charge in [0.1, 0.15) is 5.75 Å². The Morgan fingerprint density at radius 2 is 1.53 bits per heavy atom. The van der Waals surface area contributed by atoms with Crippen molar-refractivity contribution >= 4 is 12.1 Å². The molecule has 8 nitrogen and oxygen atoms in total. The summed E-state index contributed by atoms with van der Waals surface area (Å²) in [6.07, 6.45) is 3.42. The predicted molar refractivity (Wildman–Crippen MR) is 144 cm³/mol. The van der Waals surface area contributed by atoms with Crippen LogP contribution in [0.15, 0.2) is 36.4 Å². The lowest BCUT2D eigenvalue weighted by Crippen LogP contribution is -2.44. The minimum Gasteiger partial charge on any atom is -0.508 e. The molecule has 1 aliphatic carbocycles. The van der Waals surface area contributed by atoms with E-state index in [1.165, 1.54) is 12.1 Å². The number of rotatable bonds is 10. The van der Waals surface area contributed by atoms with E-state index in [0.29, 0.717) is 25.8 Å². The third kappa shape index (κ3) is 8.85. The van der Waals surface area contributed by atoms with Gasteiger partial charge in [0.2, 0.25) is 0 Å². The molecule has 38 heavy (non-hydrogen) atoms. The van der Waals surface area contributed by atoms with Crippen LogP contribution < -0.4 is 5.32 Å². The summed E-state index contributed by atoms with van der Waals surface area (Å²) in [7, 11) is 0. The van der Waals surface area contributed by atoms with Crippen molar-refractivity contribution in [2.24, 2.45) is 16.7 Å². The standard InChI is InChI=1S/C30H41NO7/c1-20-5-6-21(13-25(20)33)10-12-38-28(36)31-19-30(4)17-23(16-29(2,3)18-30)15-27(35)37-11-9-22-7-8-24(32)26(34)14-22/h5-8,13-14,23,32-34H,9-12,15-19H2,1-4H3,(H,31,36). The molecule has 8 heteroatoms. The summed E-state index contributed by atoms with van der Waals surface area (Å²) in [6.45, 7) is 9.22. The highest BCUT2D eigenvalue weighted by Crippen LogP contribution is 2.49. The van der Waals surface area contributed by atoms with E-state index in [2.05, 4.69) is 26.1 Å². The van der Waals surface area contributed by atoms with Gasteiger partial charge in [-0.05, 0) is 77.8 Å². The first-order valence-electron chi connectivity index (χ1n) is 13.2. The fourth-order valence-electron chi connectivity index (χ4n) is 5.84. The number of amides is 1. The quantitative estimate of drug-likeness (QED) is 0.241. The number of benzene rings is 2. The van der Waals surface area contributed by atoms with Gasteiger partial charge in [-0.2, -0.15) is 0 Å². The Kier molecular flexibility index (Phi) is 9.52. The van der Waals surface area contributed by atoms with E-state index in [0.717, 1.165) is 36.0 Å². The first-order valence-corrected chi connectivity index (χ1v) is 13.2. The van der Waals surface area contributed by atoms with E-state index in [-0.39, 0.29) is 53.2 Å². The molecule has 0 saturated heterocycles. The number of hydrogen-bond acceptors (Lipinski definition) is 7. The number of alkyl carbamates (subject to hydrolysis) is 1. The van der Waals surface area contributed by atoms with Crippen LogP contribution in [0.25, 0.3) is 0 Å². The Morgan fingerprint density at radius 3 is 2.18 bits per heavy atom. The molecule has 0 aromatic heterocycles. The van der Waals surface area contributed by atoms with Crippen molar-refractivity contribution in [1.82, 2.24) is 5.32 Å². The smallest absolute Gasteiger partial charge is 0.407 e. The third-order valence-electron chi connectivity index (χ3n) is 7.23. The Labute approximate surface area is 225 Å². The fraction of sp³-hybridized carbons (Fsp3) is 0.533. The second-order valence-electron chi connectivity index (χ2n) is 11.8. The molecule has 0 radical (unpaired) electrons. The predicted octanol–water partition coefficient (Wildman–Crippen LogP) is 5.39. The van der Waals surface area contributed by atoms with Crippen LogP contribution in [0.5, 0.6) is 17.2 Å². The van der Waals surface area contributed by atoms with E-state index in [1.54, 1.807) is 12.1 Å². The van der Waals surface area contributed by atoms with Gasteiger partial charge < -0.3 is 30.1 Å². The highest BCUT2D eigenvalue weighted by atomic mass is 16.5. The molecule has 0 spiro atoms. The van der Waals surface area contributed by atoms with Gasteiger partial charge >= 0.3 is 12.1 Å². The largest absolute Gasteiger partial charge is 0.508 e. The van der Waals surface area contributed by atoms with E-state index in [9.17, 15) is 24.9 Å². The lowest BCUT2D eigenvalue weighted by molar-refractivity contribution is -0.145. The molecular formula is C30H41NO7. The van der Waals surface area contributed by atoms with E-state index in [1.807, 2.05) is 19.1 Å². The fourth-order valence-corrected chi connectivity index (χ4v) is 5.84. The Hall–Kier alpha value is -3.42. The van der Waals surface area contributed by atoms with Crippen molar-refractivity contribution in [2.75, 3.05) is 19.8 Å². The van der Waals surface area contributed by atoms with Crippen LogP contribution in [0.3, 0.4) is 0 Å². The van der Waals surface area contributed by atoms with Crippen LogP contribution in [0.2, 0.25) is 0 Å². The number of hydrogen-bond donors (Lipinski definition) is 4. The minimum atomic E-state index is -0.470. The maximum Gasteiger partial charge on any atom is 0.407 e. The maximum absolute atomic E-state index is 12.6. The number of esters is 1. The Balaban J connectivity index is 1.43. The number of carbonyl (C=O) groups is 2. The van der Waals surface area contributed by atoms with Gasteiger partial charge in [0.25, 0.3) is 0 Å². The SMILES string of the molecule is Cc1ccc(CCOC(=O)NCC2(C)CC(CC(=O)OCCc3ccc(O)c(O)c3)CC(C)(C)C2)cc1O. The van der Waals surface area contributed by atoms with Gasteiger partial charge in [0.15, 0.2) is 11.5 Å². The minimum absolute atomic E-state index is 0.0144. The molecule has 0 aliphatic heterocycles. The number of phenols is 3. The van der Waals surface area contributed by atoms with Crippen LogP contribution in [-0.2, 0) is 27.1 Å². The Morgan fingerprint density at radius 1 is 0.895 bits per heavy atom. The average molecular weight is 528 g/mol. The normalized spacial score (nSPS) is 20.5. The van der Waals surface area contributed by atoms with Crippen molar-refractivity contribution in [3.8, 4) is 17.2 Å². The molecule has 2 unspecified atom stereocenters. The van der Waals surface area contributed by atoms with Gasteiger partial charge in [0.05, 0.1) is 13.2 Å². The molecule has 3 rings (SSSR count). The lowest BCUT2D eigenvalue weighted by Gasteiger charge is -2.46. The number of aryl methyl sites for hydroxylation is 1. The third-order valence-corrected chi connectivity index (χ3v) is 7.23. The highest BCUT2D eigenvalue weighted by molar-refractivity contribution is 5.69. The number of aromatic hydroxyl groups is 3. The molecule has 2 aromatic carbocycles. The average Bonchev–Trinajstić information content (AvgIpc) is 2.81. The molecule has 0 bridgehead atoms. The van der Waals surface area contributed by atoms with Crippen molar-refractivity contribution in [3.63, 3.8) is 0 Å². The van der Waals surface area contributed by atoms with Crippen molar-refractivity contribution in [1.29, 1.82) is 0 Å². The molecule has 208 valence electrons.